The van der Waals surface area contributed by atoms with Crippen molar-refractivity contribution in [1.29, 1.82) is 0 Å². The third-order valence-electron chi connectivity index (χ3n) is 1.96. The Morgan fingerprint density at radius 1 is 1.67 bits per heavy atom. The quantitative estimate of drug-likeness (QED) is 0.799. The van der Waals surface area contributed by atoms with E-state index in [1.54, 1.807) is 0 Å². The monoisotopic (exact) mass is 228 g/mol. The van der Waals surface area contributed by atoms with Crippen molar-refractivity contribution < 1.29 is 9.53 Å². The first-order valence-corrected chi connectivity index (χ1v) is 5.75. The molecule has 0 aliphatic carbocycles. The summed E-state index contributed by atoms with van der Waals surface area (Å²) in [6, 6.07) is -0.135. The van der Waals surface area contributed by atoms with E-state index < -0.39 is 0 Å². The highest BCUT2D eigenvalue weighted by atomic mass is 32.1. The van der Waals surface area contributed by atoms with Crippen LogP contribution in [0.25, 0.3) is 0 Å². The minimum absolute atomic E-state index is 0.135. The lowest BCUT2D eigenvalue weighted by atomic mass is 10.2. The van der Waals surface area contributed by atoms with Crippen LogP contribution in [0.1, 0.15) is 46.7 Å². The van der Waals surface area contributed by atoms with E-state index in [0.717, 1.165) is 23.5 Å². The molecule has 0 aliphatic rings. The Morgan fingerprint density at radius 2 is 2.33 bits per heavy atom. The highest BCUT2D eigenvalue weighted by Crippen LogP contribution is 2.24. The molecule has 0 aliphatic heterocycles. The number of rotatable bonds is 4. The molecule has 0 fully saturated rings. The Bertz CT molecular complexity index is 347. The second-order valence-electron chi connectivity index (χ2n) is 3.36. The smallest absolute Gasteiger partial charge is 0.349 e. The maximum Gasteiger partial charge on any atom is 0.349 e. The largest absolute Gasteiger partial charge is 0.465 e. The molecule has 1 atom stereocenters. The van der Waals surface area contributed by atoms with E-state index in [2.05, 4.69) is 4.98 Å². The summed E-state index contributed by atoms with van der Waals surface area (Å²) in [5.41, 5.74) is 6.54. The van der Waals surface area contributed by atoms with Gasteiger partial charge in [-0.25, -0.2) is 9.78 Å². The Balaban J connectivity index is 3.05. The maximum absolute atomic E-state index is 11.5. The second kappa shape index (κ2) is 5.23. The first-order valence-electron chi connectivity index (χ1n) is 4.93. The van der Waals surface area contributed by atoms with E-state index in [4.69, 9.17) is 10.5 Å². The number of carbonyl (C=O) groups excluding carboxylic acids is 1. The van der Waals surface area contributed by atoms with Gasteiger partial charge in [-0.05, 0) is 13.3 Å². The number of nitrogens with zero attached hydrogens (tertiary/aromatic N) is 1. The van der Waals surface area contributed by atoms with Crippen LogP contribution in [0.2, 0.25) is 0 Å². The van der Waals surface area contributed by atoms with Gasteiger partial charge in [-0.3, -0.25) is 0 Å². The van der Waals surface area contributed by atoms with Gasteiger partial charge in [0.25, 0.3) is 0 Å². The van der Waals surface area contributed by atoms with Crippen LogP contribution in [0.4, 0.5) is 0 Å². The Labute approximate surface area is 93.5 Å². The fourth-order valence-corrected chi connectivity index (χ4v) is 2.21. The number of ether oxygens (including phenoxy) is 1. The third-order valence-corrected chi connectivity index (χ3v) is 3.24. The molecule has 84 valence electrons. The molecule has 1 aromatic rings. The number of hydrogen-bond donors (Lipinski definition) is 1. The van der Waals surface area contributed by atoms with E-state index in [0.29, 0.717) is 4.88 Å². The number of aryl methyl sites for hydroxylation is 1. The number of aromatic nitrogens is 1. The first-order chi connectivity index (χ1) is 7.10. The SMILES string of the molecule is CCCc1nc(C(C)N)sc1C(=O)OC. The van der Waals surface area contributed by atoms with Gasteiger partial charge in [-0.1, -0.05) is 13.3 Å². The van der Waals surface area contributed by atoms with E-state index in [1.165, 1.54) is 18.4 Å². The highest BCUT2D eigenvalue weighted by Gasteiger charge is 2.19. The zero-order chi connectivity index (χ0) is 11.4. The summed E-state index contributed by atoms with van der Waals surface area (Å²) in [7, 11) is 1.38. The molecular formula is C10H16N2O2S. The molecule has 1 rings (SSSR count). The normalized spacial score (nSPS) is 12.5. The van der Waals surface area contributed by atoms with Crippen LogP contribution in [0.5, 0.6) is 0 Å². The van der Waals surface area contributed by atoms with E-state index >= 15 is 0 Å². The number of methoxy groups -OCH3 is 1. The molecule has 0 aromatic carbocycles. The molecule has 15 heavy (non-hydrogen) atoms. The van der Waals surface area contributed by atoms with Crippen molar-refractivity contribution in [1.82, 2.24) is 4.98 Å². The van der Waals surface area contributed by atoms with Crippen LogP contribution in [0.15, 0.2) is 0 Å². The molecule has 0 bridgehead atoms. The second-order valence-corrected chi connectivity index (χ2v) is 4.39. The van der Waals surface area contributed by atoms with E-state index in [9.17, 15) is 4.79 Å². The summed E-state index contributed by atoms with van der Waals surface area (Å²) in [5.74, 6) is -0.317. The number of esters is 1. The molecule has 0 spiro atoms. The number of carbonyl (C=O) groups is 1. The fraction of sp³-hybridized carbons (Fsp3) is 0.600. The van der Waals surface area contributed by atoms with Gasteiger partial charge in [0.1, 0.15) is 9.88 Å². The number of nitrogens with two attached hydrogens (primary N) is 1. The van der Waals surface area contributed by atoms with Gasteiger partial charge >= 0.3 is 5.97 Å². The molecule has 5 heteroatoms. The molecule has 0 saturated heterocycles. The van der Waals surface area contributed by atoms with Gasteiger partial charge in [0.15, 0.2) is 0 Å². The van der Waals surface area contributed by atoms with Gasteiger partial charge < -0.3 is 10.5 Å². The highest BCUT2D eigenvalue weighted by molar-refractivity contribution is 7.13. The van der Waals surface area contributed by atoms with Gasteiger partial charge in [0.05, 0.1) is 18.8 Å². The minimum atomic E-state index is -0.317. The molecule has 0 radical (unpaired) electrons. The summed E-state index contributed by atoms with van der Waals surface area (Å²) in [5, 5.41) is 0.791. The van der Waals surface area contributed by atoms with E-state index in [-0.39, 0.29) is 12.0 Å². The van der Waals surface area contributed by atoms with Crippen LogP contribution in [-0.4, -0.2) is 18.1 Å². The first kappa shape index (κ1) is 12.1. The van der Waals surface area contributed by atoms with Gasteiger partial charge in [-0.15, -0.1) is 11.3 Å². The molecule has 2 N–H and O–H groups in total. The Kier molecular flexibility index (Phi) is 4.23. The lowest BCUT2D eigenvalue weighted by molar-refractivity contribution is 0.0605. The third kappa shape index (κ3) is 2.76. The van der Waals surface area contributed by atoms with Gasteiger partial charge in [0, 0.05) is 0 Å². The summed E-state index contributed by atoms with van der Waals surface area (Å²) in [6.45, 7) is 3.90. The average Bonchev–Trinajstić information content (AvgIpc) is 2.61. The van der Waals surface area contributed by atoms with Crippen LogP contribution in [0.3, 0.4) is 0 Å². The van der Waals surface area contributed by atoms with Gasteiger partial charge in [-0.2, -0.15) is 0 Å². The predicted octanol–water partition coefficient (Wildman–Crippen LogP) is 1.90. The van der Waals surface area contributed by atoms with Gasteiger partial charge in [0.2, 0.25) is 0 Å². The topological polar surface area (TPSA) is 65.2 Å². The summed E-state index contributed by atoms with van der Waals surface area (Å²) in [4.78, 5) is 16.4. The van der Waals surface area contributed by atoms with Crippen molar-refractivity contribution in [2.45, 2.75) is 32.7 Å². The summed E-state index contributed by atoms with van der Waals surface area (Å²) in [6.07, 6.45) is 1.74. The predicted molar refractivity (Wildman–Crippen MR) is 60.1 cm³/mol. The minimum Gasteiger partial charge on any atom is -0.465 e. The van der Waals surface area contributed by atoms with Crippen molar-refractivity contribution >= 4 is 17.3 Å². The molecule has 4 nitrogen and oxygen atoms in total. The Morgan fingerprint density at radius 3 is 2.80 bits per heavy atom. The van der Waals surface area contributed by atoms with Crippen molar-refractivity contribution in [3.05, 3.63) is 15.6 Å². The molecule has 1 heterocycles. The lowest BCUT2D eigenvalue weighted by Crippen LogP contribution is -2.04. The van der Waals surface area contributed by atoms with Crippen LogP contribution in [-0.2, 0) is 11.2 Å². The molecule has 0 saturated carbocycles. The number of hydrogen-bond acceptors (Lipinski definition) is 5. The Hall–Kier alpha value is -0.940. The molecule has 1 unspecified atom stereocenters. The average molecular weight is 228 g/mol. The van der Waals surface area contributed by atoms with Crippen molar-refractivity contribution in [2.24, 2.45) is 5.73 Å². The molecular weight excluding hydrogens is 212 g/mol. The summed E-state index contributed by atoms with van der Waals surface area (Å²) >= 11 is 1.33. The zero-order valence-corrected chi connectivity index (χ0v) is 10.1. The number of thiazole rings is 1. The molecule has 0 amide bonds. The summed E-state index contributed by atoms with van der Waals surface area (Å²) < 4.78 is 4.71. The molecule has 1 aromatic heterocycles. The lowest BCUT2D eigenvalue weighted by Gasteiger charge is -1.97. The van der Waals surface area contributed by atoms with Crippen molar-refractivity contribution in [3.8, 4) is 0 Å². The van der Waals surface area contributed by atoms with Crippen LogP contribution < -0.4 is 5.73 Å². The standard InChI is InChI=1S/C10H16N2O2S/c1-4-5-7-8(10(13)14-3)15-9(12-7)6(2)11/h6H,4-5,11H2,1-3H3. The van der Waals surface area contributed by atoms with Crippen LogP contribution in [0, 0.1) is 0 Å². The van der Waals surface area contributed by atoms with E-state index in [1.807, 2.05) is 13.8 Å². The van der Waals surface area contributed by atoms with Crippen molar-refractivity contribution in [2.75, 3.05) is 7.11 Å². The fourth-order valence-electron chi connectivity index (χ4n) is 1.22. The van der Waals surface area contributed by atoms with Crippen molar-refractivity contribution in [3.63, 3.8) is 0 Å². The zero-order valence-electron chi connectivity index (χ0n) is 9.24. The maximum atomic E-state index is 11.5. The van der Waals surface area contributed by atoms with Crippen LogP contribution >= 0.6 is 11.3 Å².